The highest BCUT2D eigenvalue weighted by Gasteiger charge is 2.46. The van der Waals surface area contributed by atoms with Crippen LogP contribution in [-0.2, 0) is 9.59 Å². The minimum atomic E-state index is -0.831. The third-order valence-electron chi connectivity index (χ3n) is 6.52. The molecule has 0 aliphatic carbocycles. The molecule has 0 saturated carbocycles. The molecule has 1 unspecified atom stereocenters. The number of carbonyl (C=O) groups is 2. The van der Waals surface area contributed by atoms with Crippen molar-refractivity contribution >= 4 is 29.1 Å². The van der Waals surface area contributed by atoms with Gasteiger partial charge < -0.3 is 29.1 Å². The Bertz CT molecular complexity index is 1120. The molecule has 2 heterocycles. The Morgan fingerprint density at radius 1 is 0.971 bits per heavy atom. The van der Waals surface area contributed by atoms with Crippen LogP contribution in [0.3, 0.4) is 0 Å². The lowest BCUT2D eigenvalue weighted by molar-refractivity contribution is -0.140. The van der Waals surface area contributed by atoms with Crippen LogP contribution in [0.15, 0.2) is 42.0 Å². The van der Waals surface area contributed by atoms with Crippen molar-refractivity contribution in [1.82, 2.24) is 9.80 Å². The predicted octanol–water partition coefficient (Wildman–Crippen LogP) is 3.88. The SMILES string of the molecule is COc1cc(C2/C(=C(\O)c3ccc(Cl)cc3)C(=O)C(=O)N2CCN2CCCC2)cc(OC)c1OC. The van der Waals surface area contributed by atoms with Gasteiger partial charge in [0.15, 0.2) is 11.5 Å². The van der Waals surface area contributed by atoms with Gasteiger partial charge in [0.25, 0.3) is 11.7 Å². The van der Waals surface area contributed by atoms with Crippen molar-refractivity contribution in [2.45, 2.75) is 18.9 Å². The molecule has 2 aliphatic heterocycles. The maximum absolute atomic E-state index is 13.3. The first kappa shape index (κ1) is 24.9. The maximum Gasteiger partial charge on any atom is 0.295 e. The fourth-order valence-electron chi connectivity index (χ4n) is 4.74. The van der Waals surface area contributed by atoms with Crippen LogP contribution in [0.5, 0.6) is 17.2 Å². The molecule has 2 aromatic carbocycles. The molecule has 1 N–H and O–H groups in total. The van der Waals surface area contributed by atoms with Gasteiger partial charge in [0, 0.05) is 23.7 Å². The third kappa shape index (κ3) is 4.81. The number of likely N-dealkylation sites (tertiary alicyclic amines) is 2. The number of aliphatic hydroxyl groups excluding tert-OH is 1. The molecule has 0 bridgehead atoms. The summed E-state index contributed by atoms with van der Waals surface area (Å²) in [5.41, 5.74) is 0.966. The average Bonchev–Trinajstić information content (AvgIpc) is 3.48. The van der Waals surface area contributed by atoms with Gasteiger partial charge in [-0.25, -0.2) is 0 Å². The molecule has 8 nitrogen and oxygen atoms in total. The molecular weight excluding hydrogens is 472 g/mol. The number of halogens is 1. The van der Waals surface area contributed by atoms with Gasteiger partial charge in [-0.1, -0.05) is 11.6 Å². The second kappa shape index (κ2) is 10.6. The van der Waals surface area contributed by atoms with Crippen molar-refractivity contribution in [2.75, 3.05) is 47.5 Å². The van der Waals surface area contributed by atoms with Gasteiger partial charge in [0.1, 0.15) is 5.76 Å². The standard InChI is InChI=1S/C26H29ClN2O6/c1-33-19-14-17(15-20(34-2)25(19)35-3)22-21(23(30)16-6-8-18(27)9-7-16)24(31)26(32)29(22)13-12-28-10-4-5-11-28/h6-9,14-15,22,30H,4-5,10-13H2,1-3H3/b23-21+. The zero-order valence-corrected chi connectivity index (χ0v) is 20.8. The summed E-state index contributed by atoms with van der Waals surface area (Å²) in [6.45, 7) is 2.89. The monoisotopic (exact) mass is 500 g/mol. The lowest BCUT2D eigenvalue weighted by Crippen LogP contribution is -2.37. The van der Waals surface area contributed by atoms with Gasteiger partial charge >= 0.3 is 0 Å². The van der Waals surface area contributed by atoms with Crippen LogP contribution in [0.1, 0.15) is 30.0 Å². The number of hydrogen-bond acceptors (Lipinski definition) is 7. The zero-order valence-electron chi connectivity index (χ0n) is 20.0. The van der Waals surface area contributed by atoms with Crippen LogP contribution in [0.25, 0.3) is 5.76 Å². The molecule has 1 amide bonds. The summed E-state index contributed by atoms with van der Waals surface area (Å²) in [6.07, 6.45) is 2.23. The number of Topliss-reactive ketones (excluding diaryl/α,β-unsaturated/α-hetero) is 1. The van der Waals surface area contributed by atoms with Crippen LogP contribution < -0.4 is 14.2 Å². The molecule has 9 heteroatoms. The van der Waals surface area contributed by atoms with Gasteiger partial charge in [-0.15, -0.1) is 0 Å². The van der Waals surface area contributed by atoms with Gasteiger partial charge in [-0.3, -0.25) is 9.59 Å². The molecular formula is C26H29ClN2O6. The Balaban J connectivity index is 1.85. The number of amides is 1. The second-order valence-corrected chi connectivity index (χ2v) is 8.94. The molecule has 2 aromatic rings. The van der Waals surface area contributed by atoms with Crippen molar-refractivity contribution < 1.29 is 28.9 Å². The molecule has 2 saturated heterocycles. The maximum atomic E-state index is 13.3. The number of methoxy groups -OCH3 is 3. The predicted molar refractivity (Wildman–Crippen MR) is 132 cm³/mol. The van der Waals surface area contributed by atoms with E-state index in [4.69, 9.17) is 25.8 Å². The quantitative estimate of drug-likeness (QED) is 0.334. The molecule has 0 radical (unpaired) electrons. The topological polar surface area (TPSA) is 88.5 Å². The van der Waals surface area contributed by atoms with E-state index < -0.39 is 17.7 Å². The van der Waals surface area contributed by atoms with Crippen LogP contribution in [-0.4, -0.2) is 74.1 Å². The highest BCUT2D eigenvalue weighted by molar-refractivity contribution is 6.46. The number of ketones is 1. The van der Waals surface area contributed by atoms with E-state index in [1.165, 1.54) is 26.2 Å². The number of nitrogens with zero attached hydrogens (tertiary/aromatic N) is 2. The normalized spacial score (nSPS) is 19.9. The number of benzene rings is 2. The molecule has 2 fully saturated rings. The van der Waals surface area contributed by atoms with Crippen LogP contribution in [0.4, 0.5) is 0 Å². The second-order valence-electron chi connectivity index (χ2n) is 8.51. The van der Waals surface area contributed by atoms with Gasteiger partial charge in [0.05, 0.1) is 32.9 Å². The Kier molecular flexibility index (Phi) is 7.52. The Morgan fingerprint density at radius 2 is 1.57 bits per heavy atom. The average molecular weight is 501 g/mol. The number of aliphatic hydroxyl groups is 1. The molecule has 35 heavy (non-hydrogen) atoms. The fourth-order valence-corrected chi connectivity index (χ4v) is 4.86. The summed E-state index contributed by atoms with van der Waals surface area (Å²) in [7, 11) is 4.50. The fraction of sp³-hybridized carbons (Fsp3) is 0.385. The number of rotatable bonds is 8. The molecule has 186 valence electrons. The van der Waals surface area contributed by atoms with E-state index in [-0.39, 0.29) is 11.3 Å². The molecule has 0 spiro atoms. The Morgan fingerprint density at radius 3 is 2.11 bits per heavy atom. The zero-order chi connectivity index (χ0) is 25.1. The minimum absolute atomic E-state index is 0.00742. The highest BCUT2D eigenvalue weighted by atomic mass is 35.5. The summed E-state index contributed by atoms with van der Waals surface area (Å²) >= 11 is 6.00. The summed E-state index contributed by atoms with van der Waals surface area (Å²) in [5.74, 6) is -0.485. The van der Waals surface area contributed by atoms with E-state index in [2.05, 4.69) is 4.90 Å². The summed E-state index contributed by atoms with van der Waals surface area (Å²) < 4.78 is 16.5. The van der Waals surface area contributed by atoms with E-state index in [0.717, 1.165) is 25.9 Å². The van der Waals surface area contributed by atoms with E-state index in [0.29, 0.717) is 46.5 Å². The third-order valence-corrected chi connectivity index (χ3v) is 6.77. The first-order valence-corrected chi connectivity index (χ1v) is 11.8. The van der Waals surface area contributed by atoms with Crippen LogP contribution >= 0.6 is 11.6 Å². The number of ether oxygens (including phenoxy) is 3. The molecule has 4 rings (SSSR count). The van der Waals surface area contributed by atoms with Crippen LogP contribution in [0, 0.1) is 0 Å². The lowest BCUT2D eigenvalue weighted by Gasteiger charge is -2.28. The lowest BCUT2D eigenvalue weighted by atomic mass is 9.94. The van der Waals surface area contributed by atoms with Gasteiger partial charge in [-0.2, -0.15) is 0 Å². The molecule has 1 atom stereocenters. The van der Waals surface area contributed by atoms with Crippen molar-refractivity contribution in [2.24, 2.45) is 0 Å². The van der Waals surface area contributed by atoms with Crippen molar-refractivity contribution in [3.8, 4) is 17.2 Å². The molecule has 0 aromatic heterocycles. The Labute approximate surface area is 209 Å². The summed E-state index contributed by atoms with van der Waals surface area (Å²) in [4.78, 5) is 30.3. The first-order chi connectivity index (χ1) is 16.9. The smallest absolute Gasteiger partial charge is 0.295 e. The number of carbonyl (C=O) groups excluding carboxylic acids is 2. The van der Waals surface area contributed by atoms with Crippen molar-refractivity contribution in [3.05, 3.63) is 58.1 Å². The van der Waals surface area contributed by atoms with E-state index >= 15 is 0 Å². The number of hydrogen-bond donors (Lipinski definition) is 1. The summed E-state index contributed by atoms with van der Waals surface area (Å²) in [6, 6.07) is 9.04. The van der Waals surface area contributed by atoms with Gasteiger partial charge in [0.2, 0.25) is 5.75 Å². The van der Waals surface area contributed by atoms with E-state index in [1.54, 1.807) is 36.4 Å². The largest absolute Gasteiger partial charge is 0.507 e. The van der Waals surface area contributed by atoms with Crippen molar-refractivity contribution in [1.29, 1.82) is 0 Å². The van der Waals surface area contributed by atoms with Crippen LogP contribution in [0.2, 0.25) is 5.02 Å². The van der Waals surface area contributed by atoms with Crippen molar-refractivity contribution in [3.63, 3.8) is 0 Å². The highest BCUT2D eigenvalue weighted by Crippen LogP contribution is 2.45. The minimum Gasteiger partial charge on any atom is -0.507 e. The summed E-state index contributed by atoms with van der Waals surface area (Å²) in [5, 5.41) is 11.7. The van der Waals surface area contributed by atoms with E-state index in [1.807, 2.05) is 0 Å². The van der Waals surface area contributed by atoms with E-state index in [9.17, 15) is 14.7 Å². The Hall–Kier alpha value is -3.23. The molecule has 2 aliphatic rings. The first-order valence-electron chi connectivity index (χ1n) is 11.5. The van der Waals surface area contributed by atoms with Gasteiger partial charge in [-0.05, 0) is 67.9 Å².